The van der Waals surface area contributed by atoms with Crippen molar-refractivity contribution in [2.45, 2.75) is 48.8 Å². The highest BCUT2D eigenvalue weighted by atomic mass is 35.5. The van der Waals surface area contributed by atoms with Gasteiger partial charge in [-0.1, -0.05) is 26.0 Å². The highest BCUT2D eigenvalue weighted by molar-refractivity contribution is 7.90. The maximum Gasteiger partial charge on any atom is 0.338 e. The van der Waals surface area contributed by atoms with Crippen molar-refractivity contribution in [1.29, 1.82) is 0 Å². The van der Waals surface area contributed by atoms with Gasteiger partial charge in [0.25, 0.3) is 5.91 Å². The smallest absolute Gasteiger partial charge is 0.338 e. The van der Waals surface area contributed by atoms with Crippen LogP contribution in [0.3, 0.4) is 0 Å². The Morgan fingerprint density at radius 1 is 0.636 bits per heavy atom. The number of aromatic carboxylic acids is 1. The maximum atomic E-state index is 13.3. The lowest BCUT2D eigenvalue weighted by molar-refractivity contribution is 0.0698. The molecule has 344 valence electrons. The van der Waals surface area contributed by atoms with Gasteiger partial charge in [0, 0.05) is 54.1 Å². The van der Waals surface area contributed by atoms with Gasteiger partial charge in [-0.15, -0.1) is 12.4 Å². The molecule has 6 heterocycles. The van der Waals surface area contributed by atoms with Crippen LogP contribution in [-0.2, 0) is 19.7 Å². The molecule has 0 aliphatic rings. The molecule has 8 aromatic rings. The molecule has 0 saturated heterocycles. The molecular formula is C44H43ClF2N10O7S2. The summed E-state index contributed by atoms with van der Waals surface area (Å²) >= 11 is 0. The van der Waals surface area contributed by atoms with Gasteiger partial charge in [0.05, 0.1) is 64.4 Å². The van der Waals surface area contributed by atoms with E-state index in [4.69, 9.17) is 10.8 Å². The molecule has 6 aromatic heterocycles. The van der Waals surface area contributed by atoms with Gasteiger partial charge in [0.2, 0.25) is 0 Å². The van der Waals surface area contributed by atoms with Crippen molar-refractivity contribution in [3.63, 3.8) is 0 Å². The number of hydrogen-bond acceptors (Lipinski definition) is 13. The van der Waals surface area contributed by atoms with Crippen LogP contribution in [0.4, 0.5) is 8.78 Å². The lowest BCUT2D eigenvalue weighted by Gasteiger charge is -2.17. The number of pyridine rings is 4. The fraction of sp³-hybridized carbons (Fsp3) is 0.182. The monoisotopic (exact) mass is 960 g/mol. The summed E-state index contributed by atoms with van der Waals surface area (Å²) in [7, 11) is -6.61. The van der Waals surface area contributed by atoms with E-state index < -0.39 is 25.6 Å². The highest BCUT2D eigenvalue weighted by Gasteiger charge is 2.20. The van der Waals surface area contributed by atoms with Crippen molar-refractivity contribution in [2.75, 3.05) is 12.5 Å². The number of nitrogens with two attached hydrogens (primary N) is 1. The molecular weight excluding hydrogens is 918 g/mol. The average molecular weight is 961 g/mol. The predicted molar refractivity (Wildman–Crippen MR) is 244 cm³/mol. The lowest BCUT2D eigenvalue weighted by Crippen LogP contribution is -2.28. The number of sulfone groups is 2. The first-order valence-corrected chi connectivity index (χ1v) is 23.4. The molecule has 0 aliphatic carbocycles. The second kappa shape index (κ2) is 21.3. The number of halogens is 3. The number of rotatable bonds is 11. The Bertz CT molecular complexity index is 3190. The summed E-state index contributed by atoms with van der Waals surface area (Å²) in [4.78, 5) is 40.1. The van der Waals surface area contributed by atoms with Crippen molar-refractivity contribution in [1.82, 2.24) is 44.8 Å². The van der Waals surface area contributed by atoms with Crippen LogP contribution in [0.25, 0.3) is 33.2 Å². The van der Waals surface area contributed by atoms with Crippen molar-refractivity contribution < 1.29 is 40.3 Å². The van der Waals surface area contributed by atoms with E-state index in [0.717, 1.165) is 24.5 Å². The molecule has 0 fully saturated rings. The molecule has 0 aliphatic heterocycles. The third-order valence-corrected chi connectivity index (χ3v) is 11.9. The van der Waals surface area contributed by atoms with Gasteiger partial charge in [0.1, 0.15) is 11.6 Å². The zero-order valence-electron chi connectivity index (χ0n) is 35.6. The van der Waals surface area contributed by atoms with Gasteiger partial charge < -0.3 is 16.2 Å². The average Bonchev–Trinajstić information content (AvgIpc) is 3.94. The number of nitrogens with zero attached hydrogens (tertiary/aromatic N) is 8. The summed E-state index contributed by atoms with van der Waals surface area (Å²) in [6.07, 6.45) is 15.5. The van der Waals surface area contributed by atoms with Gasteiger partial charge >= 0.3 is 5.97 Å². The quantitative estimate of drug-likeness (QED) is 0.121. The molecule has 8 rings (SSSR count). The molecule has 0 unspecified atom stereocenters. The maximum absolute atomic E-state index is 13.3. The zero-order valence-corrected chi connectivity index (χ0v) is 38.1. The molecule has 2 atom stereocenters. The summed E-state index contributed by atoms with van der Waals surface area (Å²) < 4.78 is 74.7. The highest BCUT2D eigenvalue weighted by Crippen LogP contribution is 2.24. The number of nitrogens with one attached hydrogen (secondary N) is 1. The van der Waals surface area contributed by atoms with Crippen LogP contribution in [0.1, 0.15) is 70.6 Å². The number of benzene rings is 2. The summed E-state index contributed by atoms with van der Waals surface area (Å²) in [6.45, 7) is 3.87. The minimum Gasteiger partial charge on any atom is -0.478 e. The standard InChI is InChI=1S/C22H20FN5O3S.C13H8FN3O2.C9H14N2O2S.ClH/c1-3-19(14-4-9-21(25-10-14)32(2,30)31)27-22(29)18-11-24-13-20-17(18)12-26-28(20)16-7-5-15(23)6-8-16;14-8-1-3-9(4-2-8)17-12-7-15-5-11(13(18)19)10(12)6-16-17;1-3-8(10)7-4-5-9(11-6-7)14(2,12)13;/h4-13,19H,3H2,1-2H3,(H,27,29);1-7H,(H,18,19);4-6,8H,3,10H2,1-2H3;1H/t19-;;8-;/m0.0./s1. The van der Waals surface area contributed by atoms with Crippen LogP contribution in [0, 0.1) is 11.6 Å². The van der Waals surface area contributed by atoms with Crippen LogP contribution in [-0.4, -0.2) is 85.8 Å². The van der Waals surface area contributed by atoms with Crippen LogP contribution in [0.5, 0.6) is 0 Å². The molecule has 0 saturated carbocycles. The molecule has 0 spiro atoms. The molecule has 1 amide bonds. The third-order valence-electron chi connectivity index (χ3n) is 9.87. The van der Waals surface area contributed by atoms with Gasteiger partial charge in [0.15, 0.2) is 29.7 Å². The van der Waals surface area contributed by atoms with E-state index in [0.29, 0.717) is 50.7 Å². The summed E-state index contributed by atoms with van der Waals surface area (Å²) in [5, 5.41) is 21.6. The van der Waals surface area contributed by atoms with E-state index in [2.05, 4.69) is 35.5 Å². The fourth-order valence-corrected chi connectivity index (χ4v) is 7.47. The zero-order chi connectivity index (χ0) is 47.1. The molecule has 0 bridgehead atoms. The molecule has 4 N–H and O–H groups in total. The number of amides is 1. The van der Waals surface area contributed by atoms with Gasteiger partial charge in [-0.05, 0) is 84.6 Å². The van der Waals surface area contributed by atoms with Crippen LogP contribution in [0.15, 0.2) is 132 Å². The predicted octanol–water partition coefficient (Wildman–Crippen LogP) is 6.81. The van der Waals surface area contributed by atoms with Crippen LogP contribution >= 0.6 is 12.4 Å². The van der Waals surface area contributed by atoms with Gasteiger partial charge in [-0.2, -0.15) is 10.2 Å². The Kier molecular flexibility index (Phi) is 16.1. The Morgan fingerprint density at radius 3 is 1.47 bits per heavy atom. The van der Waals surface area contributed by atoms with Crippen molar-refractivity contribution in [2.24, 2.45) is 5.73 Å². The molecule has 22 heteroatoms. The van der Waals surface area contributed by atoms with E-state index in [9.17, 15) is 35.2 Å². The number of aromatic nitrogens is 8. The largest absolute Gasteiger partial charge is 0.478 e. The van der Waals surface area contributed by atoms with Crippen molar-refractivity contribution >= 4 is 65.8 Å². The lowest BCUT2D eigenvalue weighted by atomic mass is 10.1. The number of carbonyl (C=O) groups is 2. The Labute approximate surface area is 384 Å². The number of carboxylic acids is 1. The Morgan fingerprint density at radius 2 is 1.08 bits per heavy atom. The fourth-order valence-electron chi connectivity index (χ4n) is 6.35. The normalized spacial score (nSPS) is 12.2. The topological polar surface area (TPSA) is 248 Å². The second-order valence-electron chi connectivity index (χ2n) is 14.5. The summed E-state index contributed by atoms with van der Waals surface area (Å²) in [5.74, 6) is -2.10. The minimum absolute atomic E-state index is 0. The summed E-state index contributed by atoms with van der Waals surface area (Å²) in [6, 6.07) is 17.4. The first kappa shape index (κ1) is 49.9. The molecule has 2 aromatic carbocycles. The number of carbonyl (C=O) groups excluding carboxylic acids is 1. The molecule has 0 radical (unpaired) electrons. The minimum atomic E-state index is -3.40. The first-order valence-electron chi connectivity index (χ1n) is 19.7. The van der Waals surface area contributed by atoms with E-state index in [1.165, 1.54) is 78.3 Å². The summed E-state index contributed by atoms with van der Waals surface area (Å²) in [5.41, 5.74) is 10.2. The van der Waals surface area contributed by atoms with E-state index >= 15 is 0 Å². The molecule has 66 heavy (non-hydrogen) atoms. The van der Waals surface area contributed by atoms with E-state index in [1.807, 2.05) is 13.8 Å². The van der Waals surface area contributed by atoms with Gasteiger partial charge in [-0.25, -0.2) is 49.7 Å². The van der Waals surface area contributed by atoms with Crippen molar-refractivity contribution in [3.8, 4) is 11.4 Å². The number of hydrogen-bond donors (Lipinski definition) is 3. The Balaban J connectivity index is 0.000000204. The third kappa shape index (κ3) is 11.8. The second-order valence-corrected chi connectivity index (χ2v) is 18.4. The number of fused-ring (bicyclic) bond motifs is 2. The van der Waals surface area contributed by atoms with Crippen LogP contribution < -0.4 is 11.1 Å². The SMILES string of the molecule is CC[C@H](N)c1ccc(S(C)(=O)=O)nc1.CC[C@H](NC(=O)c1cncc2c1cnn2-c1ccc(F)cc1)c1ccc(S(C)(=O)=O)nc1.Cl.O=C(O)c1cncc2c1cnn2-c1ccc(F)cc1. The first-order chi connectivity index (χ1) is 30.9. The van der Waals surface area contributed by atoms with Crippen LogP contribution in [0.2, 0.25) is 0 Å². The van der Waals surface area contributed by atoms with Crippen molar-refractivity contribution in [3.05, 3.63) is 156 Å². The molecule has 17 nitrogen and oxygen atoms in total. The van der Waals surface area contributed by atoms with Gasteiger partial charge in [-0.3, -0.25) is 14.8 Å². The Hall–Kier alpha value is -7.07. The number of carboxylic acid groups (broad SMARTS) is 1. The van der Waals surface area contributed by atoms with E-state index in [-0.39, 0.29) is 57.6 Å². The van der Waals surface area contributed by atoms with E-state index in [1.54, 1.807) is 53.5 Å².